The van der Waals surface area contributed by atoms with Crippen LogP contribution in [0.1, 0.15) is 12.0 Å². The highest BCUT2D eigenvalue weighted by Crippen LogP contribution is 2.26. The number of rotatable bonds is 0. The fourth-order valence-corrected chi connectivity index (χ4v) is 1.89. The second-order valence-corrected chi connectivity index (χ2v) is 4.36. The Labute approximate surface area is 104 Å². The van der Waals surface area contributed by atoms with E-state index < -0.39 is 0 Å². The van der Waals surface area contributed by atoms with E-state index in [0.29, 0.717) is 0 Å². The molecule has 0 saturated carbocycles. The molecule has 1 N–H and O–H groups in total. The van der Waals surface area contributed by atoms with Crippen LogP contribution in [0, 0.1) is 0 Å². The van der Waals surface area contributed by atoms with E-state index >= 15 is 0 Å². The Morgan fingerprint density at radius 2 is 2.18 bits per heavy atom. The molecule has 1 aliphatic heterocycles. The van der Waals surface area contributed by atoms with Crippen LogP contribution in [0.3, 0.4) is 0 Å². The minimum atomic E-state index is 0.138. The molecule has 86 valence electrons. The summed E-state index contributed by atoms with van der Waals surface area (Å²) in [6.07, 6.45) is 4.99. The Bertz CT molecular complexity index is 440. The molecule has 0 fully saturated rings. The van der Waals surface area contributed by atoms with Gasteiger partial charge >= 0.3 is 0 Å². The Morgan fingerprint density at radius 1 is 1.41 bits per heavy atom. The van der Waals surface area contributed by atoms with Crippen molar-refractivity contribution in [2.45, 2.75) is 12.2 Å². The average Bonchev–Trinajstić information content (AvgIpc) is 2.35. The highest BCUT2D eigenvalue weighted by Gasteiger charge is 2.10. The topological polar surface area (TPSA) is 15.3 Å². The number of hydrogen-bond donors (Lipinski definition) is 1. The first-order chi connectivity index (χ1) is 8.18. The van der Waals surface area contributed by atoms with Crippen LogP contribution in [0.5, 0.6) is 0 Å². The maximum absolute atomic E-state index is 6.01. The number of hydrogen-bond acceptors (Lipinski definition) is 2. The van der Waals surface area contributed by atoms with Crippen molar-refractivity contribution in [2.75, 3.05) is 18.9 Å². The molecule has 2 radical (unpaired) electrons. The quantitative estimate of drug-likeness (QED) is 0.681. The Morgan fingerprint density at radius 3 is 3.00 bits per heavy atom. The normalized spacial score (nSPS) is 22.5. The number of para-hydroxylation sites is 1. The van der Waals surface area contributed by atoms with Crippen LogP contribution in [0.25, 0.3) is 5.70 Å². The molecule has 3 heteroatoms. The molecule has 0 bridgehead atoms. The minimum Gasteiger partial charge on any atom is -0.385 e. The first-order valence-electron chi connectivity index (χ1n) is 5.85. The predicted octanol–water partition coefficient (Wildman–Crippen LogP) is 2.88. The van der Waals surface area contributed by atoms with Gasteiger partial charge < -0.3 is 10.2 Å². The predicted molar refractivity (Wildman–Crippen MR) is 75.0 cm³/mol. The monoisotopic (exact) mass is 224 g/mol. The summed E-state index contributed by atoms with van der Waals surface area (Å²) in [6, 6.07) is 8.18. The van der Waals surface area contributed by atoms with Crippen molar-refractivity contribution >= 4 is 19.2 Å². The third-order valence-corrected chi connectivity index (χ3v) is 2.99. The number of benzene rings is 1. The van der Waals surface area contributed by atoms with Gasteiger partial charge in [-0.3, -0.25) is 0 Å². The van der Waals surface area contributed by atoms with Crippen LogP contribution in [-0.4, -0.2) is 26.3 Å². The van der Waals surface area contributed by atoms with Crippen LogP contribution in [0.15, 0.2) is 43.1 Å². The highest BCUT2D eigenvalue weighted by molar-refractivity contribution is 6.12. The van der Waals surface area contributed by atoms with Gasteiger partial charge in [0.15, 0.2) is 0 Å². The van der Waals surface area contributed by atoms with Crippen LogP contribution in [0.4, 0.5) is 5.69 Å². The van der Waals surface area contributed by atoms with E-state index in [1.54, 1.807) is 0 Å². The Balaban J connectivity index is 2.36. The number of allylic oxidation sites excluding steroid dienone is 1. The smallest absolute Gasteiger partial charge is 0.0727 e. The van der Waals surface area contributed by atoms with Crippen molar-refractivity contribution in [3.05, 3.63) is 48.7 Å². The number of nitrogens with zero attached hydrogens (tertiary/aromatic N) is 1. The first kappa shape index (κ1) is 11.8. The fourth-order valence-electron chi connectivity index (χ4n) is 1.89. The molecule has 1 aromatic rings. The molecule has 0 unspecified atom stereocenters. The Kier molecular flexibility index (Phi) is 3.57. The van der Waals surface area contributed by atoms with E-state index in [-0.39, 0.29) is 5.82 Å². The largest absolute Gasteiger partial charge is 0.385 e. The zero-order valence-electron chi connectivity index (χ0n) is 10.2. The zero-order valence-corrected chi connectivity index (χ0v) is 10.2. The molecule has 2 nitrogen and oxygen atoms in total. The van der Waals surface area contributed by atoms with E-state index in [0.717, 1.165) is 29.9 Å². The SMILES string of the molecule is [B][C@@H]1C/C=C\N(C)C(=C)c2ccccc2NC1. The van der Waals surface area contributed by atoms with Crippen molar-refractivity contribution in [1.82, 2.24) is 4.90 Å². The van der Waals surface area contributed by atoms with Gasteiger partial charge in [0.1, 0.15) is 0 Å². The van der Waals surface area contributed by atoms with E-state index in [1.807, 2.05) is 30.3 Å². The summed E-state index contributed by atoms with van der Waals surface area (Å²) in [5, 5.41) is 3.39. The molecular formula is C14H17BN2. The summed E-state index contributed by atoms with van der Waals surface area (Å²) in [7, 11) is 8.01. The van der Waals surface area contributed by atoms with Crippen molar-refractivity contribution in [2.24, 2.45) is 0 Å². The fraction of sp³-hybridized carbons (Fsp3) is 0.286. The van der Waals surface area contributed by atoms with E-state index in [4.69, 9.17) is 7.85 Å². The lowest BCUT2D eigenvalue weighted by molar-refractivity contribution is 0.650. The van der Waals surface area contributed by atoms with E-state index in [1.165, 1.54) is 0 Å². The van der Waals surface area contributed by atoms with Gasteiger partial charge in [-0.1, -0.05) is 36.7 Å². The van der Waals surface area contributed by atoms with Gasteiger partial charge in [0.2, 0.25) is 0 Å². The minimum absolute atomic E-state index is 0.138. The first-order valence-corrected chi connectivity index (χ1v) is 5.85. The van der Waals surface area contributed by atoms with E-state index in [9.17, 15) is 0 Å². The molecule has 1 atom stereocenters. The van der Waals surface area contributed by atoms with Crippen LogP contribution in [-0.2, 0) is 0 Å². The lowest BCUT2D eigenvalue weighted by atomic mass is 9.84. The Hall–Kier alpha value is -1.64. The third-order valence-electron chi connectivity index (χ3n) is 2.99. The van der Waals surface area contributed by atoms with Gasteiger partial charge in [0, 0.05) is 30.5 Å². The number of anilines is 1. The van der Waals surface area contributed by atoms with Gasteiger partial charge in [-0.05, 0) is 18.7 Å². The lowest BCUT2D eigenvalue weighted by Crippen LogP contribution is -2.15. The molecule has 1 aromatic carbocycles. The molecule has 0 amide bonds. The van der Waals surface area contributed by atoms with Gasteiger partial charge in [-0.15, -0.1) is 0 Å². The second kappa shape index (κ2) is 5.13. The highest BCUT2D eigenvalue weighted by atomic mass is 15.1. The van der Waals surface area contributed by atoms with Gasteiger partial charge in [0.05, 0.1) is 7.85 Å². The van der Waals surface area contributed by atoms with Crippen LogP contribution < -0.4 is 5.32 Å². The molecule has 1 heterocycles. The summed E-state index contributed by atoms with van der Waals surface area (Å²) in [6.45, 7) is 4.91. The van der Waals surface area contributed by atoms with E-state index in [2.05, 4.69) is 30.1 Å². The summed E-state index contributed by atoms with van der Waals surface area (Å²) in [5.74, 6) is 0.138. The molecule has 17 heavy (non-hydrogen) atoms. The number of fused-ring (bicyclic) bond motifs is 1. The molecule has 0 saturated heterocycles. The second-order valence-electron chi connectivity index (χ2n) is 4.36. The van der Waals surface area contributed by atoms with Crippen molar-refractivity contribution in [3.8, 4) is 0 Å². The zero-order chi connectivity index (χ0) is 12.3. The maximum atomic E-state index is 6.01. The lowest BCUT2D eigenvalue weighted by Gasteiger charge is -2.23. The summed E-state index contributed by atoms with van der Waals surface area (Å²) in [5.41, 5.74) is 3.20. The molecular weight excluding hydrogens is 207 g/mol. The molecule has 0 aliphatic carbocycles. The molecule has 1 aliphatic rings. The average molecular weight is 224 g/mol. The molecule has 2 rings (SSSR count). The molecule has 0 spiro atoms. The molecule has 0 aromatic heterocycles. The van der Waals surface area contributed by atoms with Gasteiger partial charge in [-0.25, -0.2) is 0 Å². The van der Waals surface area contributed by atoms with Crippen LogP contribution in [0.2, 0.25) is 5.82 Å². The van der Waals surface area contributed by atoms with Crippen LogP contribution >= 0.6 is 0 Å². The van der Waals surface area contributed by atoms with Crippen molar-refractivity contribution in [3.63, 3.8) is 0 Å². The summed E-state index contributed by atoms with van der Waals surface area (Å²) < 4.78 is 0. The van der Waals surface area contributed by atoms with Gasteiger partial charge in [-0.2, -0.15) is 0 Å². The van der Waals surface area contributed by atoms with Crippen molar-refractivity contribution in [1.29, 1.82) is 0 Å². The van der Waals surface area contributed by atoms with Gasteiger partial charge in [0.25, 0.3) is 0 Å². The summed E-state index contributed by atoms with van der Waals surface area (Å²) in [4.78, 5) is 2.03. The number of nitrogens with one attached hydrogen (secondary N) is 1. The van der Waals surface area contributed by atoms with Crippen molar-refractivity contribution < 1.29 is 0 Å². The standard InChI is InChI=1S/C14H17BN2/c1-11-13-7-3-4-8-14(13)16-10-12(15)6-5-9-17(11)2/h3-5,7-9,12,16H,1,6,10H2,2H3/b9-5-/t12-/m1/s1. The maximum Gasteiger partial charge on any atom is 0.0727 e. The summed E-state index contributed by atoms with van der Waals surface area (Å²) >= 11 is 0. The third kappa shape index (κ3) is 2.73.